The van der Waals surface area contributed by atoms with Gasteiger partial charge in [0.05, 0.1) is 0 Å². The summed E-state index contributed by atoms with van der Waals surface area (Å²) in [5.41, 5.74) is 11.3. The maximum Gasteiger partial charge on any atom is 0.164 e. The van der Waals surface area contributed by atoms with Gasteiger partial charge in [-0.05, 0) is 64.2 Å². The molecule has 3 heterocycles. The smallest absolute Gasteiger partial charge is 0.164 e. The van der Waals surface area contributed by atoms with E-state index in [1.165, 1.54) is 31.3 Å². The van der Waals surface area contributed by atoms with E-state index in [1.54, 1.807) is 0 Å². The van der Waals surface area contributed by atoms with Gasteiger partial charge in [-0.1, -0.05) is 152 Å². The molecule has 11 rings (SSSR count). The normalized spacial score (nSPS) is 11.6. The van der Waals surface area contributed by atoms with Crippen molar-refractivity contribution in [2.75, 3.05) is 0 Å². The molecule has 5 heteroatoms. The Morgan fingerprint density at radius 1 is 0.339 bits per heavy atom. The SMILES string of the molecule is c1ccc(-c2ccc3sc4cccc(-c5ccc(-c6cccc(-c7nc(-c8ccccc8)nc(-c8ccccc8)n7)c6)c6c5oc5ccccc56)c4c3c2)cc1. The zero-order valence-electron chi connectivity index (χ0n) is 30.1. The van der Waals surface area contributed by atoms with Crippen LogP contribution in [0, 0.1) is 0 Å². The van der Waals surface area contributed by atoms with Crippen LogP contribution < -0.4 is 0 Å². The number of fused-ring (bicyclic) bond motifs is 6. The lowest BCUT2D eigenvalue weighted by atomic mass is 9.92. The summed E-state index contributed by atoms with van der Waals surface area (Å²) >= 11 is 1.84. The quantitative estimate of drug-likeness (QED) is 0.171. The monoisotopic (exact) mass is 733 g/mol. The third-order valence-electron chi connectivity index (χ3n) is 10.5. The van der Waals surface area contributed by atoms with Crippen molar-refractivity contribution in [3.63, 3.8) is 0 Å². The van der Waals surface area contributed by atoms with Gasteiger partial charge in [0.25, 0.3) is 0 Å². The molecule has 0 unspecified atom stereocenters. The van der Waals surface area contributed by atoms with Gasteiger partial charge in [0, 0.05) is 53.2 Å². The van der Waals surface area contributed by atoms with E-state index < -0.39 is 0 Å². The second-order valence-corrected chi connectivity index (χ2v) is 15.0. The van der Waals surface area contributed by atoms with Crippen LogP contribution in [-0.2, 0) is 0 Å². The van der Waals surface area contributed by atoms with E-state index in [0.717, 1.165) is 60.9 Å². The molecule has 0 aliphatic carbocycles. The number of nitrogens with zero attached hydrogens (tertiary/aromatic N) is 3. The van der Waals surface area contributed by atoms with Gasteiger partial charge in [-0.2, -0.15) is 0 Å². The average molecular weight is 734 g/mol. The zero-order valence-corrected chi connectivity index (χ0v) is 30.9. The molecule has 0 aliphatic rings. The molecule has 0 saturated carbocycles. The van der Waals surface area contributed by atoms with Crippen LogP contribution in [0.3, 0.4) is 0 Å². The molecule has 56 heavy (non-hydrogen) atoms. The molecule has 11 aromatic rings. The second kappa shape index (κ2) is 13.3. The van der Waals surface area contributed by atoms with Crippen LogP contribution in [0.5, 0.6) is 0 Å². The minimum absolute atomic E-state index is 0.621. The molecular formula is C51H31N3OS. The second-order valence-electron chi connectivity index (χ2n) is 13.9. The molecule has 8 aromatic carbocycles. The van der Waals surface area contributed by atoms with Gasteiger partial charge in [0.1, 0.15) is 11.2 Å². The highest BCUT2D eigenvalue weighted by molar-refractivity contribution is 7.26. The third kappa shape index (κ3) is 5.48. The molecule has 0 aliphatic heterocycles. The Hall–Kier alpha value is -7.21. The number of benzene rings is 8. The average Bonchev–Trinajstić information content (AvgIpc) is 3.86. The van der Waals surface area contributed by atoms with Crippen molar-refractivity contribution in [2.45, 2.75) is 0 Å². The molecule has 0 spiro atoms. The molecule has 262 valence electrons. The summed E-state index contributed by atoms with van der Waals surface area (Å²) in [6.45, 7) is 0. The van der Waals surface area contributed by atoms with Crippen molar-refractivity contribution < 1.29 is 4.42 Å². The number of hydrogen-bond donors (Lipinski definition) is 0. The van der Waals surface area contributed by atoms with Gasteiger partial charge in [-0.15, -0.1) is 11.3 Å². The third-order valence-corrected chi connectivity index (χ3v) is 11.7. The van der Waals surface area contributed by atoms with E-state index in [9.17, 15) is 0 Å². The van der Waals surface area contributed by atoms with Crippen molar-refractivity contribution in [2.24, 2.45) is 0 Å². The highest BCUT2D eigenvalue weighted by Gasteiger charge is 2.21. The molecule has 0 bridgehead atoms. The van der Waals surface area contributed by atoms with E-state index in [0.29, 0.717) is 17.5 Å². The van der Waals surface area contributed by atoms with Crippen LogP contribution >= 0.6 is 11.3 Å². The van der Waals surface area contributed by atoms with Crippen molar-refractivity contribution in [1.29, 1.82) is 0 Å². The van der Waals surface area contributed by atoms with Crippen molar-refractivity contribution in [1.82, 2.24) is 15.0 Å². The molecule has 0 N–H and O–H groups in total. The van der Waals surface area contributed by atoms with E-state index in [-0.39, 0.29) is 0 Å². The summed E-state index contributed by atoms with van der Waals surface area (Å²) < 4.78 is 9.37. The lowest BCUT2D eigenvalue weighted by Crippen LogP contribution is -2.00. The summed E-state index contributed by atoms with van der Waals surface area (Å²) in [6, 6.07) is 65.6. The van der Waals surface area contributed by atoms with E-state index in [1.807, 2.05) is 78.1 Å². The first-order valence-electron chi connectivity index (χ1n) is 18.7. The Bertz CT molecular complexity index is 3180. The molecule has 0 atom stereocenters. The van der Waals surface area contributed by atoms with E-state index >= 15 is 0 Å². The van der Waals surface area contributed by atoms with Crippen LogP contribution in [0.1, 0.15) is 0 Å². The molecule has 0 saturated heterocycles. The van der Waals surface area contributed by atoms with Crippen LogP contribution in [0.4, 0.5) is 0 Å². The van der Waals surface area contributed by atoms with Gasteiger partial charge >= 0.3 is 0 Å². The fraction of sp³-hybridized carbons (Fsp3) is 0. The molecular weight excluding hydrogens is 703 g/mol. The summed E-state index contributed by atoms with van der Waals surface area (Å²) in [4.78, 5) is 15.0. The molecule has 0 amide bonds. The molecule has 0 radical (unpaired) electrons. The fourth-order valence-electron chi connectivity index (χ4n) is 7.91. The van der Waals surface area contributed by atoms with Gasteiger partial charge in [0.2, 0.25) is 0 Å². The minimum atomic E-state index is 0.621. The van der Waals surface area contributed by atoms with Crippen LogP contribution in [0.25, 0.3) is 110 Å². The highest BCUT2D eigenvalue weighted by Crippen LogP contribution is 2.47. The lowest BCUT2D eigenvalue weighted by Gasteiger charge is -2.12. The first-order valence-corrected chi connectivity index (χ1v) is 19.5. The Kier molecular flexibility index (Phi) is 7.64. The maximum atomic E-state index is 6.85. The highest BCUT2D eigenvalue weighted by atomic mass is 32.1. The number of aromatic nitrogens is 3. The summed E-state index contributed by atoms with van der Waals surface area (Å²) in [7, 11) is 0. The van der Waals surface area contributed by atoms with Crippen LogP contribution in [0.15, 0.2) is 192 Å². The standard InChI is InChI=1S/C51H31N3OS/c1-4-14-32(15-5-1)35-26-29-44-42(31-35)46-39(23-13-25-45(46)56-44)40-28-27-38(47-41-22-10-11-24-43(41)55-48(40)47)36-20-12-21-37(30-36)51-53-49(33-16-6-2-7-17-33)52-50(54-51)34-18-8-3-9-19-34/h1-31H. The molecule has 0 fully saturated rings. The first kappa shape index (κ1) is 32.2. The first-order chi connectivity index (χ1) is 27.7. The summed E-state index contributed by atoms with van der Waals surface area (Å²) in [5, 5.41) is 4.67. The van der Waals surface area contributed by atoms with Gasteiger partial charge in [-0.3, -0.25) is 0 Å². The lowest BCUT2D eigenvalue weighted by molar-refractivity contribution is 0.670. The number of furan rings is 1. The summed E-state index contributed by atoms with van der Waals surface area (Å²) in [6.07, 6.45) is 0. The van der Waals surface area contributed by atoms with Gasteiger partial charge in [-0.25, -0.2) is 15.0 Å². The maximum absolute atomic E-state index is 6.85. The number of para-hydroxylation sites is 1. The topological polar surface area (TPSA) is 51.8 Å². The number of hydrogen-bond acceptors (Lipinski definition) is 5. The number of rotatable bonds is 6. The zero-order chi connectivity index (χ0) is 37.0. The van der Waals surface area contributed by atoms with Crippen LogP contribution in [0.2, 0.25) is 0 Å². The molecule has 3 aromatic heterocycles. The summed E-state index contributed by atoms with van der Waals surface area (Å²) in [5.74, 6) is 1.90. The predicted molar refractivity (Wildman–Crippen MR) is 233 cm³/mol. The van der Waals surface area contributed by atoms with Crippen molar-refractivity contribution >= 4 is 53.4 Å². The Labute approximate surface area is 327 Å². The predicted octanol–water partition coefficient (Wildman–Crippen LogP) is 14.1. The Morgan fingerprint density at radius 3 is 1.66 bits per heavy atom. The van der Waals surface area contributed by atoms with E-state index in [4.69, 9.17) is 19.4 Å². The minimum Gasteiger partial charge on any atom is -0.455 e. The largest absolute Gasteiger partial charge is 0.455 e. The molecule has 4 nitrogen and oxygen atoms in total. The number of thiophene rings is 1. The van der Waals surface area contributed by atoms with Crippen LogP contribution in [-0.4, -0.2) is 15.0 Å². The van der Waals surface area contributed by atoms with E-state index in [2.05, 4.69) is 121 Å². The van der Waals surface area contributed by atoms with Crippen molar-refractivity contribution in [3.8, 4) is 67.5 Å². The van der Waals surface area contributed by atoms with Gasteiger partial charge < -0.3 is 4.42 Å². The Balaban J connectivity index is 1.10. The fourth-order valence-corrected chi connectivity index (χ4v) is 9.02. The van der Waals surface area contributed by atoms with Crippen molar-refractivity contribution in [3.05, 3.63) is 188 Å². The Morgan fingerprint density at radius 2 is 0.929 bits per heavy atom. The van der Waals surface area contributed by atoms with Gasteiger partial charge in [0.15, 0.2) is 17.5 Å².